The lowest BCUT2D eigenvalue weighted by Gasteiger charge is -2.33. The molecule has 1 unspecified atom stereocenters. The Hall–Kier alpha value is -3.99. The number of amides is 2. The van der Waals surface area contributed by atoms with Crippen LogP contribution in [0.4, 0.5) is 9.52 Å². The number of hydrogen-bond acceptors (Lipinski definition) is 10. The molecule has 0 aliphatic carbocycles. The van der Waals surface area contributed by atoms with Gasteiger partial charge in [0.25, 0.3) is 0 Å². The second kappa shape index (κ2) is 18.7. The van der Waals surface area contributed by atoms with Crippen LogP contribution in [-0.4, -0.2) is 93.7 Å². The van der Waals surface area contributed by atoms with Crippen LogP contribution in [0, 0.1) is 11.2 Å². The van der Waals surface area contributed by atoms with Crippen molar-refractivity contribution in [1.29, 1.82) is 0 Å². The molecule has 6 N–H and O–H groups in total. The van der Waals surface area contributed by atoms with Gasteiger partial charge in [0.2, 0.25) is 21.8 Å². The highest BCUT2D eigenvalue weighted by Gasteiger charge is 2.35. The van der Waals surface area contributed by atoms with Crippen LogP contribution in [0.5, 0.6) is 0 Å². The Bertz CT molecular complexity index is 1880. The van der Waals surface area contributed by atoms with Crippen LogP contribution in [0.3, 0.4) is 0 Å². The van der Waals surface area contributed by atoms with Crippen molar-refractivity contribution < 1.29 is 27.5 Å². The van der Waals surface area contributed by atoms with Gasteiger partial charge in [0, 0.05) is 19.6 Å². The predicted molar refractivity (Wildman–Crippen MR) is 204 cm³/mol. The zero-order chi connectivity index (χ0) is 37.9. The molecular weight excluding hydrogens is 706 g/mol. The highest BCUT2D eigenvalue weighted by atomic mass is 32.2. The molecule has 4 rings (SSSR count). The van der Waals surface area contributed by atoms with Crippen molar-refractivity contribution >= 4 is 48.5 Å². The SMILES string of the molecule is CN(C)CCCNc1nc2ccc(S(=O)(=O)NC[C@@H](O)[C@H](Cc3ccccc3)NC(=O)C(NC(=O)CNCc3cccc(F)c3)C(C)(C)C)cc2s1. The van der Waals surface area contributed by atoms with Crippen LogP contribution < -0.4 is 26.0 Å². The van der Waals surface area contributed by atoms with Crippen molar-refractivity contribution in [2.75, 3.05) is 45.6 Å². The monoisotopic (exact) mass is 755 g/mol. The van der Waals surface area contributed by atoms with Crippen molar-refractivity contribution in [3.63, 3.8) is 0 Å². The van der Waals surface area contributed by atoms with Gasteiger partial charge in [0.1, 0.15) is 11.9 Å². The van der Waals surface area contributed by atoms with E-state index < -0.39 is 45.4 Å². The molecule has 0 saturated carbocycles. The Morgan fingerprint density at radius 1 is 0.981 bits per heavy atom. The molecule has 0 aliphatic rings. The van der Waals surface area contributed by atoms with Crippen molar-refractivity contribution in [2.24, 2.45) is 5.41 Å². The summed E-state index contributed by atoms with van der Waals surface area (Å²) < 4.78 is 43.5. The molecule has 52 heavy (non-hydrogen) atoms. The Kier molecular flexibility index (Phi) is 14.6. The summed E-state index contributed by atoms with van der Waals surface area (Å²) in [5, 5.41) is 24.0. The van der Waals surface area contributed by atoms with Gasteiger partial charge >= 0.3 is 0 Å². The van der Waals surface area contributed by atoms with Gasteiger partial charge in [0.05, 0.1) is 33.8 Å². The second-order valence-electron chi connectivity index (χ2n) is 14.1. The number of nitrogens with one attached hydrogen (secondary N) is 5. The van der Waals surface area contributed by atoms with E-state index in [1.54, 1.807) is 45.0 Å². The summed E-state index contributed by atoms with van der Waals surface area (Å²) >= 11 is 1.36. The van der Waals surface area contributed by atoms with E-state index in [2.05, 4.69) is 35.9 Å². The van der Waals surface area contributed by atoms with E-state index in [0.29, 0.717) is 20.9 Å². The van der Waals surface area contributed by atoms with Crippen LogP contribution in [0.2, 0.25) is 0 Å². The molecule has 1 aromatic heterocycles. The number of halogens is 1. The van der Waals surface area contributed by atoms with Crippen LogP contribution in [0.15, 0.2) is 77.7 Å². The third kappa shape index (κ3) is 12.6. The number of rotatable bonds is 19. The molecule has 2 amide bonds. The maximum Gasteiger partial charge on any atom is 0.243 e. The number of nitrogens with zero attached hydrogens (tertiary/aromatic N) is 2. The zero-order valence-electron chi connectivity index (χ0n) is 30.3. The van der Waals surface area contributed by atoms with Gasteiger partial charge in [-0.1, -0.05) is 74.6 Å². The lowest BCUT2D eigenvalue weighted by Crippen LogP contribution is -2.59. The number of anilines is 1. The number of carbonyl (C=O) groups is 2. The van der Waals surface area contributed by atoms with E-state index in [-0.39, 0.29) is 36.8 Å². The summed E-state index contributed by atoms with van der Waals surface area (Å²) in [6.45, 7) is 6.84. The number of aliphatic hydroxyl groups excluding tert-OH is 1. The third-order valence-electron chi connectivity index (χ3n) is 8.24. The fourth-order valence-electron chi connectivity index (χ4n) is 5.43. The number of fused-ring (bicyclic) bond motifs is 1. The van der Waals surface area contributed by atoms with E-state index in [1.165, 1.54) is 29.5 Å². The maximum atomic E-state index is 13.8. The van der Waals surface area contributed by atoms with Crippen molar-refractivity contribution in [1.82, 2.24) is 30.6 Å². The highest BCUT2D eigenvalue weighted by molar-refractivity contribution is 7.89. The van der Waals surface area contributed by atoms with Crippen molar-refractivity contribution in [2.45, 2.75) is 63.2 Å². The highest BCUT2D eigenvalue weighted by Crippen LogP contribution is 2.28. The van der Waals surface area contributed by atoms with E-state index in [9.17, 15) is 27.5 Å². The molecule has 1 heterocycles. The van der Waals surface area contributed by atoms with Crippen LogP contribution >= 0.6 is 11.3 Å². The Morgan fingerprint density at radius 2 is 1.71 bits per heavy atom. The number of hydrogen-bond donors (Lipinski definition) is 6. The summed E-state index contributed by atoms with van der Waals surface area (Å²) in [7, 11) is -0.0223. The summed E-state index contributed by atoms with van der Waals surface area (Å²) in [6.07, 6.45) is -0.191. The average Bonchev–Trinajstić information content (AvgIpc) is 3.50. The molecule has 282 valence electrons. The topological polar surface area (TPSA) is 165 Å². The van der Waals surface area contributed by atoms with E-state index in [4.69, 9.17) is 0 Å². The quantitative estimate of drug-likeness (QED) is 0.0787. The molecular formula is C37H50FN7O5S2. The lowest BCUT2D eigenvalue weighted by molar-refractivity contribution is -0.132. The van der Waals surface area contributed by atoms with Gasteiger partial charge in [-0.25, -0.2) is 22.5 Å². The number of aliphatic hydroxyl groups is 1. The normalized spacial score (nSPS) is 13.8. The van der Waals surface area contributed by atoms with E-state index >= 15 is 0 Å². The Morgan fingerprint density at radius 3 is 2.40 bits per heavy atom. The molecule has 0 fully saturated rings. The minimum Gasteiger partial charge on any atom is -0.390 e. The summed E-state index contributed by atoms with van der Waals surface area (Å²) in [5.74, 6) is -1.35. The number of sulfonamides is 1. The summed E-state index contributed by atoms with van der Waals surface area (Å²) in [4.78, 5) is 33.4. The lowest BCUT2D eigenvalue weighted by atomic mass is 9.85. The zero-order valence-corrected chi connectivity index (χ0v) is 31.9. The third-order valence-corrected chi connectivity index (χ3v) is 10.6. The Labute approximate surface area is 309 Å². The van der Waals surface area contributed by atoms with Crippen LogP contribution in [0.1, 0.15) is 38.3 Å². The van der Waals surface area contributed by atoms with Crippen molar-refractivity contribution in [3.05, 3.63) is 89.7 Å². The first-order valence-electron chi connectivity index (χ1n) is 17.2. The fraction of sp³-hybridized carbons (Fsp3) is 0.432. The van der Waals surface area contributed by atoms with Gasteiger partial charge in [-0.15, -0.1) is 0 Å². The molecule has 4 aromatic rings. The standard InChI is InChI=1S/C37H50FN7O5S2/c1-37(2,3)34(44-33(47)24-39-22-26-13-9-14-27(38)19-26)35(48)42-30(20-25-11-7-6-8-12-25)31(46)23-41-52(49,50)28-15-16-29-32(21-28)51-36(43-29)40-17-10-18-45(4)5/h6-9,11-16,19,21,30-31,34,39,41,46H,10,17-18,20,22-24H2,1-5H3,(H,40,43)(H,42,48)(H,44,47)/t30-,31+,34?/m0/s1. The number of benzene rings is 3. The molecule has 0 radical (unpaired) electrons. The largest absolute Gasteiger partial charge is 0.390 e. The molecule has 0 bridgehead atoms. The van der Waals surface area contributed by atoms with Crippen LogP contribution in [-0.2, 0) is 32.6 Å². The van der Waals surface area contributed by atoms with Gasteiger partial charge in [0.15, 0.2) is 5.13 Å². The number of carbonyl (C=O) groups excluding carboxylic acids is 2. The number of aromatic nitrogens is 1. The van der Waals surface area contributed by atoms with Crippen molar-refractivity contribution in [3.8, 4) is 0 Å². The minimum absolute atomic E-state index is 0.0279. The van der Waals surface area contributed by atoms with Gasteiger partial charge in [-0.3, -0.25) is 9.59 Å². The predicted octanol–water partition coefficient (Wildman–Crippen LogP) is 3.49. The summed E-state index contributed by atoms with van der Waals surface area (Å²) in [6, 6.07) is 18.0. The van der Waals surface area contributed by atoms with Gasteiger partial charge < -0.3 is 31.3 Å². The number of thiazole rings is 1. The Balaban J connectivity index is 1.41. The van der Waals surface area contributed by atoms with Crippen LogP contribution in [0.25, 0.3) is 10.2 Å². The maximum absolute atomic E-state index is 13.8. The first-order valence-corrected chi connectivity index (χ1v) is 19.5. The molecule has 0 aliphatic heterocycles. The minimum atomic E-state index is -4.04. The molecule has 0 saturated heterocycles. The summed E-state index contributed by atoms with van der Waals surface area (Å²) in [5.41, 5.74) is 1.44. The van der Waals surface area contributed by atoms with E-state index in [0.717, 1.165) is 25.1 Å². The van der Waals surface area contributed by atoms with Gasteiger partial charge in [-0.05, 0) is 80.4 Å². The molecule has 12 nitrogen and oxygen atoms in total. The molecule has 3 atom stereocenters. The smallest absolute Gasteiger partial charge is 0.243 e. The average molecular weight is 756 g/mol. The van der Waals surface area contributed by atoms with E-state index in [1.807, 2.05) is 44.4 Å². The first-order chi connectivity index (χ1) is 24.6. The molecule has 3 aromatic carbocycles. The molecule has 15 heteroatoms. The first kappa shape index (κ1) is 40.8. The molecule has 0 spiro atoms. The van der Waals surface area contributed by atoms with Gasteiger partial charge in [-0.2, -0.15) is 0 Å². The second-order valence-corrected chi connectivity index (χ2v) is 16.9. The fourth-order valence-corrected chi connectivity index (χ4v) is 7.51.